The maximum Gasteiger partial charge on any atom is 0.262 e. The van der Waals surface area contributed by atoms with Gasteiger partial charge in [0.1, 0.15) is 11.3 Å². The van der Waals surface area contributed by atoms with Crippen molar-refractivity contribution in [2.75, 3.05) is 16.6 Å². The normalized spacial score (nSPS) is 11.1. The summed E-state index contributed by atoms with van der Waals surface area (Å²) in [6.07, 6.45) is 2.39. The molecule has 1 heterocycles. The van der Waals surface area contributed by atoms with Crippen molar-refractivity contribution in [3.8, 4) is 5.75 Å². The van der Waals surface area contributed by atoms with E-state index in [0.717, 1.165) is 6.20 Å². The van der Waals surface area contributed by atoms with Crippen molar-refractivity contribution in [3.63, 3.8) is 0 Å². The highest BCUT2D eigenvalue weighted by atomic mass is 79.9. The van der Waals surface area contributed by atoms with E-state index < -0.39 is 15.9 Å². The largest absolute Gasteiger partial charge is 0.619 e. The van der Waals surface area contributed by atoms with Crippen molar-refractivity contribution < 1.29 is 22.7 Å². The summed E-state index contributed by atoms with van der Waals surface area (Å²) in [4.78, 5) is 12.4. The van der Waals surface area contributed by atoms with Crippen LogP contribution in [0.1, 0.15) is 22.8 Å². The number of nitrogens with zero attached hydrogens (tertiary/aromatic N) is 1. The molecule has 0 saturated heterocycles. The van der Waals surface area contributed by atoms with Gasteiger partial charge in [0.15, 0.2) is 12.4 Å². The number of benzene rings is 2. The van der Waals surface area contributed by atoms with E-state index in [0.29, 0.717) is 32.8 Å². The van der Waals surface area contributed by atoms with Gasteiger partial charge in [-0.15, -0.1) is 0 Å². The lowest BCUT2D eigenvalue weighted by atomic mass is 10.2. The molecule has 10 heteroatoms. The summed E-state index contributed by atoms with van der Waals surface area (Å²) in [5.41, 5.74) is 1.30. The second kappa shape index (κ2) is 9.36. The van der Waals surface area contributed by atoms with Crippen LogP contribution in [0, 0.1) is 12.1 Å². The van der Waals surface area contributed by atoms with Crippen LogP contribution in [0.3, 0.4) is 0 Å². The number of ether oxygens (including phenoxy) is 1. The van der Waals surface area contributed by atoms with Crippen molar-refractivity contribution in [2.24, 2.45) is 0 Å². The number of anilines is 2. The number of rotatable bonds is 7. The second-order valence-corrected chi connectivity index (χ2v) is 9.08. The van der Waals surface area contributed by atoms with Gasteiger partial charge in [0.25, 0.3) is 15.9 Å². The Balaban J connectivity index is 1.84. The van der Waals surface area contributed by atoms with Gasteiger partial charge >= 0.3 is 0 Å². The molecule has 0 aliphatic rings. The zero-order valence-corrected chi connectivity index (χ0v) is 19.2. The Labute approximate surface area is 188 Å². The third-order valence-corrected chi connectivity index (χ3v) is 6.40. The Hall–Kier alpha value is -3.11. The number of hydrogen-bond donors (Lipinski definition) is 2. The minimum atomic E-state index is -3.93. The van der Waals surface area contributed by atoms with Gasteiger partial charge in [0.05, 0.1) is 21.7 Å². The third kappa shape index (κ3) is 5.53. The molecule has 1 aromatic heterocycles. The highest BCUT2D eigenvalue weighted by Crippen LogP contribution is 2.30. The van der Waals surface area contributed by atoms with E-state index in [4.69, 9.17) is 4.74 Å². The summed E-state index contributed by atoms with van der Waals surface area (Å²) in [5.74, 6) is 0.0763. The summed E-state index contributed by atoms with van der Waals surface area (Å²) in [7, 11) is -3.93. The van der Waals surface area contributed by atoms with Crippen LogP contribution in [0.2, 0.25) is 0 Å². The number of carbonyl (C=O) groups is 1. The van der Waals surface area contributed by atoms with Crippen molar-refractivity contribution in [3.05, 3.63) is 81.7 Å². The Kier molecular flexibility index (Phi) is 6.81. The van der Waals surface area contributed by atoms with Crippen molar-refractivity contribution in [1.29, 1.82) is 0 Å². The molecule has 3 aromatic rings. The van der Waals surface area contributed by atoms with Crippen LogP contribution in [0.4, 0.5) is 11.4 Å². The molecule has 2 N–H and O–H groups in total. The Morgan fingerprint density at radius 2 is 1.90 bits per heavy atom. The van der Waals surface area contributed by atoms with Gasteiger partial charge < -0.3 is 15.3 Å². The van der Waals surface area contributed by atoms with Crippen LogP contribution in [0.5, 0.6) is 5.75 Å². The lowest BCUT2D eigenvalue weighted by molar-refractivity contribution is -0.605. The molecule has 0 radical (unpaired) electrons. The van der Waals surface area contributed by atoms with Crippen molar-refractivity contribution in [1.82, 2.24) is 0 Å². The Morgan fingerprint density at radius 1 is 1.16 bits per heavy atom. The molecule has 0 saturated carbocycles. The Bertz CT molecular complexity index is 1230. The molecule has 8 nitrogen and oxygen atoms in total. The van der Waals surface area contributed by atoms with Crippen molar-refractivity contribution in [2.45, 2.75) is 18.7 Å². The van der Waals surface area contributed by atoms with Gasteiger partial charge in [0, 0.05) is 11.8 Å². The van der Waals surface area contributed by atoms with E-state index in [9.17, 15) is 18.4 Å². The summed E-state index contributed by atoms with van der Waals surface area (Å²) in [5, 5.41) is 14.0. The molecule has 0 spiro atoms. The second-order valence-electron chi connectivity index (χ2n) is 6.57. The molecular weight excluding hydrogens is 486 g/mol. The van der Waals surface area contributed by atoms with Gasteiger partial charge in [-0.2, -0.15) is 4.73 Å². The van der Waals surface area contributed by atoms with Gasteiger partial charge in [-0.25, -0.2) is 8.42 Å². The number of hydrogen-bond acceptors (Lipinski definition) is 5. The van der Waals surface area contributed by atoms with Gasteiger partial charge in [-0.05, 0) is 71.7 Å². The van der Waals surface area contributed by atoms with Crippen LogP contribution in [0.15, 0.2) is 70.3 Å². The van der Waals surface area contributed by atoms with E-state index in [-0.39, 0.29) is 16.1 Å². The molecule has 1 amide bonds. The molecule has 0 atom stereocenters. The van der Waals surface area contributed by atoms with Gasteiger partial charge in [0.2, 0.25) is 0 Å². The number of pyridine rings is 1. The summed E-state index contributed by atoms with van der Waals surface area (Å²) < 4.78 is 35.1. The van der Waals surface area contributed by atoms with Crippen LogP contribution < -0.4 is 19.5 Å². The predicted molar refractivity (Wildman–Crippen MR) is 121 cm³/mol. The van der Waals surface area contributed by atoms with E-state index in [1.807, 2.05) is 6.92 Å². The first-order valence-electron chi connectivity index (χ1n) is 9.25. The van der Waals surface area contributed by atoms with Crippen LogP contribution in [0.25, 0.3) is 0 Å². The number of nitrogens with one attached hydrogen (secondary N) is 2. The fourth-order valence-electron chi connectivity index (χ4n) is 2.81. The standard InChI is InChI=1S/C21H20BrN3O5S/c1-3-30-19-9-8-17(11-18(19)22)24-31(28,29)20-12-16(7-6-14(20)2)23-21(26)15-5-4-10-25(27)13-15/h4-13,24H,3H2,1-2H3,(H,23,26). The minimum absolute atomic E-state index is 0.0160. The molecule has 0 aliphatic heterocycles. The molecule has 3 rings (SSSR count). The fourth-order valence-corrected chi connectivity index (χ4v) is 4.62. The number of sulfonamides is 1. The van der Waals surface area contributed by atoms with E-state index in [2.05, 4.69) is 26.0 Å². The fraction of sp³-hybridized carbons (Fsp3) is 0.143. The molecule has 2 aromatic carbocycles. The van der Waals surface area contributed by atoms with Crippen molar-refractivity contribution >= 4 is 43.2 Å². The van der Waals surface area contributed by atoms with Crippen LogP contribution in [-0.2, 0) is 10.0 Å². The van der Waals surface area contributed by atoms with Crippen LogP contribution in [-0.4, -0.2) is 20.9 Å². The topological polar surface area (TPSA) is 111 Å². The predicted octanol–water partition coefficient (Wildman–Crippen LogP) is 3.84. The SMILES string of the molecule is CCOc1ccc(NS(=O)(=O)c2cc(NC(=O)c3ccc[n+]([O-])c3)ccc2C)cc1Br. The number of halogens is 1. The van der Waals surface area contributed by atoms with Gasteiger partial charge in [-0.1, -0.05) is 6.07 Å². The quantitative estimate of drug-likeness (QED) is 0.374. The first-order valence-corrected chi connectivity index (χ1v) is 11.5. The van der Waals surface area contributed by atoms with E-state index in [1.54, 1.807) is 37.3 Å². The number of amides is 1. The lowest BCUT2D eigenvalue weighted by Crippen LogP contribution is -2.27. The average molecular weight is 506 g/mol. The Morgan fingerprint density at radius 3 is 2.58 bits per heavy atom. The van der Waals surface area contributed by atoms with E-state index in [1.165, 1.54) is 24.4 Å². The molecule has 0 fully saturated rings. The zero-order chi connectivity index (χ0) is 22.6. The number of aromatic nitrogens is 1. The monoisotopic (exact) mass is 505 g/mol. The third-order valence-electron chi connectivity index (χ3n) is 4.26. The molecule has 0 aliphatic carbocycles. The first-order chi connectivity index (χ1) is 14.7. The first kappa shape index (κ1) is 22.6. The molecular formula is C21H20BrN3O5S. The number of carbonyl (C=O) groups excluding carboxylic acids is 1. The lowest BCUT2D eigenvalue weighted by Gasteiger charge is -2.14. The smallest absolute Gasteiger partial charge is 0.262 e. The number of aryl methyl sites for hydroxylation is 1. The average Bonchev–Trinajstić information content (AvgIpc) is 2.71. The van der Waals surface area contributed by atoms with Gasteiger partial charge in [-0.3, -0.25) is 9.52 Å². The van der Waals surface area contributed by atoms with Crippen LogP contribution >= 0.6 is 15.9 Å². The molecule has 162 valence electrons. The summed E-state index contributed by atoms with van der Waals surface area (Å²) in [6, 6.07) is 12.4. The highest BCUT2D eigenvalue weighted by molar-refractivity contribution is 9.10. The zero-order valence-electron chi connectivity index (χ0n) is 16.8. The summed E-state index contributed by atoms with van der Waals surface area (Å²) >= 11 is 3.36. The maximum absolute atomic E-state index is 13.0. The molecule has 0 unspecified atom stereocenters. The minimum Gasteiger partial charge on any atom is -0.619 e. The summed E-state index contributed by atoms with van der Waals surface area (Å²) in [6.45, 7) is 4.00. The molecule has 0 bridgehead atoms. The highest BCUT2D eigenvalue weighted by Gasteiger charge is 2.19. The maximum atomic E-state index is 13.0. The molecule has 31 heavy (non-hydrogen) atoms. The van der Waals surface area contributed by atoms with E-state index >= 15 is 0 Å².